The van der Waals surface area contributed by atoms with Gasteiger partial charge in [-0.15, -0.1) is 24.8 Å². The van der Waals surface area contributed by atoms with Gasteiger partial charge in [0.2, 0.25) is 11.7 Å². The lowest BCUT2D eigenvalue weighted by atomic mass is 9.57. The predicted molar refractivity (Wildman–Crippen MR) is 176 cm³/mol. The van der Waals surface area contributed by atoms with E-state index in [-0.39, 0.29) is 66.9 Å². The molecule has 16 heteroatoms. The van der Waals surface area contributed by atoms with Crippen molar-refractivity contribution in [1.29, 1.82) is 0 Å². The minimum Gasteiger partial charge on any atom is -0.508 e. The third kappa shape index (κ3) is 5.82. The quantitative estimate of drug-likeness (QED) is 0.174. The molecular formula is C30H42Cl2N6O8. The minimum atomic E-state index is -2.72. The molecule has 1 aromatic carbocycles. The van der Waals surface area contributed by atoms with E-state index in [0.717, 1.165) is 13.1 Å². The van der Waals surface area contributed by atoms with E-state index >= 15 is 0 Å². The zero-order valence-corrected chi connectivity index (χ0v) is 28.0. The van der Waals surface area contributed by atoms with E-state index in [1.807, 2.05) is 11.9 Å². The van der Waals surface area contributed by atoms with Gasteiger partial charge in [0.1, 0.15) is 22.8 Å². The number of piperazine rings is 1. The fraction of sp³-hybridized carbons (Fsp3) is 0.533. The summed E-state index contributed by atoms with van der Waals surface area (Å²) in [7, 11) is 8.64. The van der Waals surface area contributed by atoms with Gasteiger partial charge in [-0.05, 0) is 51.5 Å². The number of halogens is 2. The Hall–Kier alpha value is -3.40. The van der Waals surface area contributed by atoms with Crippen molar-refractivity contribution >= 4 is 65.3 Å². The number of amides is 2. The zero-order valence-electron chi connectivity index (χ0n) is 26.4. The summed E-state index contributed by atoms with van der Waals surface area (Å²) in [5.74, 6) is -7.62. The van der Waals surface area contributed by atoms with Crippen LogP contribution in [0, 0.1) is 11.8 Å². The van der Waals surface area contributed by atoms with Crippen molar-refractivity contribution in [2.24, 2.45) is 17.6 Å². The Morgan fingerprint density at radius 3 is 2.22 bits per heavy atom. The van der Waals surface area contributed by atoms with E-state index in [0.29, 0.717) is 24.3 Å². The number of nitrogens with two attached hydrogens (primary N) is 1. The van der Waals surface area contributed by atoms with Crippen molar-refractivity contribution in [2.45, 2.75) is 24.5 Å². The number of phenolic OH excluding ortho intramolecular Hbond substituents is 1. The van der Waals surface area contributed by atoms with Crippen molar-refractivity contribution in [1.82, 2.24) is 14.7 Å². The lowest BCUT2D eigenvalue weighted by molar-refractivity contribution is -0.153. The standard InChI is InChI=1S/C30H40N6O8.2ClH/c1-33(2)18-12-17(32-19(37)13-36-8-6-35(5)7-9-36)24(38)21-15(18)10-14-11-16-23(34(3)4)26(40)22(29(31)43)28(42)30(16,44)27(41)20(14)25(21)39;;/h12,14,16,23,38-39,42,44H,6-11,13H2,1-5H3,(H2,31,43)(H,32,37);2*1H/t14?,16?,23-,30-;;/m0../s1. The molecular weight excluding hydrogens is 643 g/mol. The van der Waals surface area contributed by atoms with Crippen LogP contribution in [0.15, 0.2) is 23.0 Å². The fourth-order valence-corrected chi connectivity index (χ4v) is 7.18. The maximum Gasteiger partial charge on any atom is 0.255 e. The molecule has 14 nitrogen and oxygen atoms in total. The SMILES string of the molecule is CN1CCN(CC(=O)Nc2cc(N(C)C)c3c(c2O)C(O)=C2C(=O)[C@]4(O)C(O)=C(C(N)=O)C(=O)[C@@H](N(C)C)C4CC2C3)CC1.Cl.Cl. The normalized spacial score (nSPS) is 26.5. The summed E-state index contributed by atoms with van der Waals surface area (Å²) >= 11 is 0. The number of nitrogens with one attached hydrogen (secondary N) is 1. The number of benzene rings is 1. The highest BCUT2D eigenvalue weighted by molar-refractivity contribution is 6.24. The van der Waals surface area contributed by atoms with Gasteiger partial charge >= 0.3 is 0 Å². The lowest BCUT2D eigenvalue weighted by Gasteiger charge is -2.50. The molecule has 1 aliphatic heterocycles. The number of rotatable bonds is 6. The van der Waals surface area contributed by atoms with Gasteiger partial charge in [-0.1, -0.05) is 0 Å². The number of aliphatic hydroxyl groups excluding tert-OH is 2. The van der Waals surface area contributed by atoms with Crippen LogP contribution in [0.25, 0.3) is 5.76 Å². The average molecular weight is 686 g/mol. The van der Waals surface area contributed by atoms with Gasteiger partial charge < -0.3 is 41.3 Å². The Kier molecular flexibility index (Phi) is 10.8. The van der Waals surface area contributed by atoms with E-state index in [9.17, 15) is 39.6 Å². The maximum absolute atomic E-state index is 14.1. The molecule has 4 atom stereocenters. The summed E-state index contributed by atoms with van der Waals surface area (Å²) in [5.41, 5.74) is 2.59. The smallest absolute Gasteiger partial charge is 0.255 e. The number of fused-ring (bicyclic) bond motifs is 3. The first-order chi connectivity index (χ1) is 20.6. The Bertz CT molecular complexity index is 1520. The van der Waals surface area contributed by atoms with Gasteiger partial charge in [-0.25, -0.2) is 0 Å². The molecule has 254 valence electrons. The van der Waals surface area contributed by atoms with Crippen molar-refractivity contribution < 1.29 is 39.6 Å². The topological polar surface area (TPSA) is 200 Å². The highest BCUT2D eigenvalue weighted by atomic mass is 35.5. The van der Waals surface area contributed by atoms with Crippen LogP contribution in [-0.2, 0) is 25.6 Å². The number of Topliss-reactive ketones (excluding diaryl/α,β-unsaturated/α-hetero) is 2. The summed E-state index contributed by atoms with van der Waals surface area (Å²) in [4.78, 5) is 60.0. The van der Waals surface area contributed by atoms with Gasteiger partial charge in [0.05, 0.1) is 23.8 Å². The molecule has 1 heterocycles. The number of carbonyl (C=O) groups excluding carboxylic acids is 4. The molecule has 1 saturated carbocycles. The summed E-state index contributed by atoms with van der Waals surface area (Å²) in [5, 5.41) is 48.6. The minimum absolute atomic E-state index is 0. The summed E-state index contributed by atoms with van der Waals surface area (Å²) in [6, 6.07) is 0.447. The molecule has 1 aromatic rings. The van der Waals surface area contributed by atoms with Crippen molar-refractivity contribution in [3.8, 4) is 5.75 Å². The molecule has 46 heavy (non-hydrogen) atoms. The molecule has 0 spiro atoms. The largest absolute Gasteiger partial charge is 0.508 e. The first-order valence-corrected chi connectivity index (χ1v) is 14.5. The number of likely N-dealkylation sites (N-methyl/N-ethyl adjacent to an activating group) is 2. The number of anilines is 2. The Morgan fingerprint density at radius 1 is 1.07 bits per heavy atom. The van der Waals surface area contributed by atoms with E-state index in [2.05, 4.69) is 10.2 Å². The third-order valence-corrected chi connectivity index (χ3v) is 9.42. The van der Waals surface area contributed by atoms with Crippen molar-refractivity contribution in [3.63, 3.8) is 0 Å². The first-order valence-electron chi connectivity index (χ1n) is 14.5. The van der Waals surface area contributed by atoms with Crippen LogP contribution >= 0.6 is 24.8 Å². The highest BCUT2D eigenvalue weighted by Crippen LogP contribution is 2.54. The molecule has 0 bridgehead atoms. The lowest BCUT2D eigenvalue weighted by Crippen LogP contribution is -2.65. The van der Waals surface area contributed by atoms with Gasteiger partial charge in [0, 0.05) is 57.5 Å². The summed E-state index contributed by atoms with van der Waals surface area (Å²) in [6.07, 6.45) is 0.133. The number of phenols is 1. The molecule has 4 aliphatic rings. The average Bonchev–Trinajstić information content (AvgIpc) is 2.93. The van der Waals surface area contributed by atoms with Gasteiger partial charge in [-0.2, -0.15) is 0 Å². The zero-order chi connectivity index (χ0) is 32.4. The van der Waals surface area contributed by atoms with E-state index in [1.165, 1.54) is 4.90 Å². The fourth-order valence-electron chi connectivity index (χ4n) is 7.18. The second kappa shape index (κ2) is 13.4. The third-order valence-electron chi connectivity index (χ3n) is 9.42. The van der Waals surface area contributed by atoms with Crippen LogP contribution in [-0.4, -0.2) is 138 Å². The second-order valence-electron chi connectivity index (χ2n) is 12.6. The highest BCUT2D eigenvalue weighted by Gasteiger charge is 2.64. The van der Waals surface area contributed by atoms with E-state index in [4.69, 9.17) is 5.73 Å². The Balaban J connectivity index is 0.00000288. The van der Waals surface area contributed by atoms with Crippen molar-refractivity contribution in [3.05, 3.63) is 34.1 Å². The molecule has 0 aromatic heterocycles. The van der Waals surface area contributed by atoms with Crippen LogP contribution in [0.1, 0.15) is 17.5 Å². The van der Waals surface area contributed by atoms with Gasteiger partial charge in [-0.3, -0.25) is 29.0 Å². The molecule has 3 aliphatic carbocycles. The number of aromatic hydroxyl groups is 1. The number of aliphatic hydroxyl groups is 3. The van der Waals surface area contributed by atoms with Gasteiger partial charge in [0.25, 0.3) is 5.91 Å². The monoisotopic (exact) mass is 684 g/mol. The molecule has 2 fully saturated rings. The molecule has 7 N–H and O–H groups in total. The van der Waals surface area contributed by atoms with Crippen LogP contribution < -0.4 is 16.0 Å². The molecule has 1 saturated heterocycles. The second-order valence-corrected chi connectivity index (χ2v) is 12.6. The van der Waals surface area contributed by atoms with Gasteiger partial charge in [0.15, 0.2) is 11.4 Å². The van der Waals surface area contributed by atoms with Crippen molar-refractivity contribution in [2.75, 3.05) is 78.2 Å². The number of primary amides is 1. The van der Waals surface area contributed by atoms with Crippen LogP contribution in [0.2, 0.25) is 0 Å². The van der Waals surface area contributed by atoms with Crippen LogP contribution in [0.3, 0.4) is 0 Å². The molecule has 5 rings (SSSR count). The molecule has 0 radical (unpaired) electrons. The summed E-state index contributed by atoms with van der Waals surface area (Å²) < 4.78 is 0. The van der Waals surface area contributed by atoms with Crippen LogP contribution in [0.5, 0.6) is 5.75 Å². The number of carbonyl (C=O) groups is 4. The van der Waals surface area contributed by atoms with E-state index in [1.54, 1.807) is 39.2 Å². The Labute approximate surface area is 279 Å². The summed E-state index contributed by atoms with van der Waals surface area (Å²) in [6.45, 7) is 3.16. The first kappa shape index (κ1) is 37.1. The predicted octanol–water partition coefficient (Wildman–Crippen LogP) is 0.0595. The number of hydrogen-bond donors (Lipinski definition) is 6. The number of ketones is 2. The molecule has 2 unspecified atom stereocenters. The van der Waals surface area contributed by atoms with E-state index < -0.39 is 63.8 Å². The molecule has 2 amide bonds. The number of nitrogens with zero attached hydrogens (tertiary/aromatic N) is 4. The Morgan fingerprint density at radius 2 is 1.67 bits per heavy atom. The van der Waals surface area contributed by atoms with Crippen LogP contribution in [0.4, 0.5) is 11.4 Å². The number of hydrogen-bond acceptors (Lipinski definition) is 12. The maximum atomic E-state index is 14.1.